The van der Waals surface area contributed by atoms with Gasteiger partial charge in [0.05, 0.1) is 25.7 Å². The Labute approximate surface area is 123 Å². The zero-order valence-corrected chi connectivity index (χ0v) is 12.5. The molecule has 6 unspecified atom stereocenters. The van der Waals surface area contributed by atoms with Crippen LogP contribution >= 0.6 is 0 Å². The lowest BCUT2D eigenvalue weighted by Crippen LogP contribution is -2.29. The van der Waals surface area contributed by atoms with Crippen LogP contribution in [-0.4, -0.2) is 13.2 Å². The van der Waals surface area contributed by atoms with E-state index in [1.165, 1.54) is 38.5 Å². The highest BCUT2D eigenvalue weighted by Gasteiger charge is 2.56. The molecule has 3 fully saturated rings. The van der Waals surface area contributed by atoms with E-state index < -0.39 is 0 Å². The Morgan fingerprint density at radius 2 is 1.55 bits per heavy atom. The van der Waals surface area contributed by atoms with Crippen molar-refractivity contribution in [2.45, 2.75) is 38.5 Å². The van der Waals surface area contributed by atoms with Crippen LogP contribution in [0.2, 0.25) is 0 Å². The molecule has 6 atom stereocenters. The molecule has 0 saturated heterocycles. The van der Waals surface area contributed by atoms with E-state index in [0.29, 0.717) is 0 Å². The molecule has 3 saturated carbocycles. The summed E-state index contributed by atoms with van der Waals surface area (Å²) in [6.07, 6.45) is 11.5. The van der Waals surface area contributed by atoms with E-state index in [9.17, 15) is 0 Å². The number of fused-ring (bicyclic) bond motifs is 5. The molecule has 112 valence electrons. The average Bonchev–Trinajstić information content (AvgIpc) is 3.11. The van der Waals surface area contributed by atoms with Crippen LogP contribution in [0.1, 0.15) is 38.5 Å². The molecule has 0 aliphatic heterocycles. The smallest absolute Gasteiger partial charge is 0.0875 e. The molecular formula is C18H28O2. The highest BCUT2D eigenvalue weighted by molar-refractivity contribution is 5.05. The second kappa shape index (κ2) is 6.24. The average molecular weight is 276 g/mol. The maximum atomic E-state index is 5.36. The standard InChI is InChI=1S/C18H28O2/c1-3-19-9-7-13-5-6-16-15-11-14(8-10-20-4-2)17(12-15)18(13)16/h3-4,13-18H,1-2,5-12H2. The highest BCUT2D eigenvalue weighted by atomic mass is 16.5. The second-order valence-electron chi connectivity index (χ2n) is 6.89. The zero-order valence-electron chi connectivity index (χ0n) is 12.5. The van der Waals surface area contributed by atoms with Gasteiger partial charge in [-0.2, -0.15) is 0 Å². The fourth-order valence-corrected chi connectivity index (χ4v) is 5.66. The summed E-state index contributed by atoms with van der Waals surface area (Å²) in [5.41, 5.74) is 0. The van der Waals surface area contributed by atoms with Crippen LogP contribution in [0, 0.1) is 35.5 Å². The minimum atomic E-state index is 0.860. The van der Waals surface area contributed by atoms with Crippen molar-refractivity contribution in [3.8, 4) is 0 Å². The maximum absolute atomic E-state index is 5.36. The molecule has 0 aromatic rings. The van der Waals surface area contributed by atoms with Gasteiger partial charge in [0, 0.05) is 0 Å². The van der Waals surface area contributed by atoms with E-state index >= 15 is 0 Å². The van der Waals surface area contributed by atoms with Gasteiger partial charge in [-0.25, -0.2) is 0 Å². The van der Waals surface area contributed by atoms with E-state index in [4.69, 9.17) is 9.47 Å². The predicted molar refractivity (Wildman–Crippen MR) is 80.9 cm³/mol. The molecule has 0 spiro atoms. The van der Waals surface area contributed by atoms with Crippen LogP contribution in [0.15, 0.2) is 25.7 Å². The highest BCUT2D eigenvalue weighted by Crippen LogP contribution is 2.63. The summed E-state index contributed by atoms with van der Waals surface area (Å²) in [4.78, 5) is 0. The monoisotopic (exact) mass is 276 g/mol. The van der Waals surface area contributed by atoms with Crippen LogP contribution in [0.4, 0.5) is 0 Å². The molecule has 3 aliphatic carbocycles. The van der Waals surface area contributed by atoms with Crippen molar-refractivity contribution in [3.63, 3.8) is 0 Å². The van der Waals surface area contributed by atoms with Crippen LogP contribution in [-0.2, 0) is 9.47 Å². The van der Waals surface area contributed by atoms with Crippen LogP contribution in [0.3, 0.4) is 0 Å². The molecule has 0 aromatic heterocycles. The molecule has 0 radical (unpaired) electrons. The predicted octanol–water partition coefficient (Wildman–Crippen LogP) is 4.39. The normalized spacial score (nSPS) is 41.4. The minimum absolute atomic E-state index is 0.860. The molecule has 3 aliphatic rings. The van der Waals surface area contributed by atoms with Crippen molar-refractivity contribution in [1.29, 1.82) is 0 Å². The van der Waals surface area contributed by atoms with Crippen molar-refractivity contribution >= 4 is 0 Å². The van der Waals surface area contributed by atoms with Gasteiger partial charge in [-0.1, -0.05) is 13.2 Å². The Bertz CT molecular complexity index is 351. The molecule has 2 nitrogen and oxygen atoms in total. The molecule has 2 bridgehead atoms. The van der Waals surface area contributed by atoms with Gasteiger partial charge in [0.25, 0.3) is 0 Å². The number of rotatable bonds is 8. The largest absolute Gasteiger partial charge is 0.502 e. The molecule has 3 rings (SSSR count). The molecule has 0 N–H and O–H groups in total. The minimum Gasteiger partial charge on any atom is -0.502 e. The van der Waals surface area contributed by atoms with Gasteiger partial charge in [-0.3, -0.25) is 0 Å². The summed E-state index contributed by atoms with van der Waals surface area (Å²) in [6, 6.07) is 0. The molecule has 0 amide bonds. The molecule has 2 heteroatoms. The first-order valence-electron chi connectivity index (χ1n) is 8.30. The molecule has 0 aromatic carbocycles. The number of hydrogen-bond donors (Lipinski definition) is 0. The van der Waals surface area contributed by atoms with Gasteiger partial charge < -0.3 is 9.47 Å². The van der Waals surface area contributed by atoms with Crippen molar-refractivity contribution in [1.82, 2.24) is 0 Å². The van der Waals surface area contributed by atoms with Crippen molar-refractivity contribution in [2.75, 3.05) is 13.2 Å². The topological polar surface area (TPSA) is 18.5 Å². The van der Waals surface area contributed by atoms with Gasteiger partial charge in [-0.15, -0.1) is 0 Å². The fraction of sp³-hybridized carbons (Fsp3) is 0.778. The third kappa shape index (κ3) is 2.49. The van der Waals surface area contributed by atoms with E-state index in [2.05, 4.69) is 13.2 Å². The first-order chi connectivity index (χ1) is 9.85. The quantitative estimate of drug-likeness (QED) is 0.483. The molecule has 20 heavy (non-hydrogen) atoms. The van der Waals surface area contributed by atoms with Gasteiger partial charge in [0.15, 0.2) is 0 Å². The lowest BCUT2D eigenvalue weighted by Gasteiger charge is -2.34. The van der Waals surface area contributed by atoms with Crippen molar-refractivity contribution in [2.24, 2.45) is 35.5 Å². The lowest BCUT2D eigenvalue weighted by atomic mass is 9.71. The molecule has 0 heterocycles. The van der Waals surface area contributed by atoms with Gasteiger partial charge in [-0.05, 0) is 74.0 Å². The van der Waals surface area contributed by atoms with Crippen LogP contribution in [0.5, 0.6) is 0 Å². The van der Waals surface area contributed by atoms with Crippen molar-refractivity contribution in [3.05, 3.63) is 25.7 Å². The summed E-state index contributed by atoms with van der Waals surface area (Å²) < 4.78 is 10.7. The third-order valence-electron chi connectivity index (χ3n) is 6.24. The first-order valence-corrected chi connectivity index (χ1v) is 8.30. The van der Waals surface area contributed by atoms with Gasteiger partial charge >= 0.3 is 0 Å². The van der Waals surface area contributed by atoms with E-state index in [-0.39, 0.29) is 0 Å². The maximum Gasteiger partial charge on any atom is 0.0875 e. The van der Waals surface area contributed by atoms with Gasteiger partial charge in [0.1, 0.15) is 0 Å². The van der Waals surface area contributed by atoms with E-state index in [0.717, 1.165) is 48.7 Å². The summed E-state index contributed by atoms with van der Waals surface area (Å²) in [5, 5.41) is 0. The summed E-state index contributed by atoms with van der Waals surface area (Å²) in [5.74, 6) is 5.81. The summed E-state index contributed by atoms with van der Waals surface area (Å²) in [6.45, 7) is 9.00. The van der Waals surface area contributed by atoms with Crippen LogP contribution < -0.4 is 0 Å². The Balaban J connectivity index is 1.56. The Hall–Kier alpha value is -0.920. The van der Waals surface area contributed by atoms with E-state index in [1.54, 1.807) is 12.5 Å². The lowest BCUT2D eigenvalue weighted by molar-refractivity contribution is 0.109. The van der Waals surface area contributed by atoms with E-state index in [1.807, 2.05) is 0 Å². The molecular weight excluding hydrogens is 248 g/mol. The summed E-state index contributed by atoms with van der Waals surface area (Å²) in [7, 11) is 0. The first kappa shape index (κ1) is 14.0. The summed E-state index contributed by atoms with van der Waals surface area (Å²) >= 11 is 0. The number of hydrogen-bond acceptors (Lipinski definition) is 2. The van der Waals surface area contributed by atoms with Crippen LogP contribution in [0.25, 0.3) is 0 Å². The third-order valence-corrected chi connectivity index (χ3v) is 6.24. The fourth-order valence-electron chi connectivity index (χ4n) is 5.66. The Morgan fingerprint density at radius 3 is 2.25 bits per heavy atom. The van der Waals surface area contributed by atoms with Crippen molar-refractivity contribution < 1.29 is 9.47 Å². The number of ether oxygens (including phenoxy) is 2. The Kier molecular flexibility index (Phi) is 4.38. The zero-order chi connectivity index (χ0) is 13.9. The second-order valence-corrected chi connectivity index (χ2v) is 6.89. The SMILES string of the molecule is C=COCCC1CC2CC1C1C(CCOC=C)CCC21. The van der Waals surface area contributed by atoms with Gasteiger partial charge in [0.2, 0.25) is 0 Å². The Morgan fingerprint density at radius 1 is 0.850 bits per heavy atom.